The average Bonchev–Trinajstić information content (AvgIpc) is 3.43. The second-order valence-corrected chi connectivity index (χ2v) is 12.6. The maximum absolute atomic E-state index is 13.7. The summed E-state index contributed by atoms with van der Waals surface area (Å²) in [4.78, 5) is 51.7. The second kappa shape index (κ2) is 14.5. The molecule has 11 heteroatoms. The van der Waals surface area contributed by atoms with E-state index in [1.54, 1.807) is 23.2 Å². The van der Waals surface area contributed by atoms with Gasteiger partial charge >= 0.3 is 6.09 Å². The Morgan fingerprint density at radius 2 is 1.69 bits per heavy atom. The molecule has 3 amide bonds. The molecular weight excluding hydrogens is 570 g/mol. The van der Waals surface area contributed by atoms with Crippen LogP contribution in [0.2, 0.25) is 0 Å². The van der Waals surface area contributed by atoms with Crippen LogP contribution < -0.4 is 5.32 Å². The van der Waals surface area contributed by atoms with Crippen LogP contribution in [0.5, 0.6) is 0 Å². The van der Waals surface area contributed by atoms with E-state index in [9.17, 15) is 14.4 Å². The van der Waals surface area contributed by atoms with Crippen molar-refractivity contribution in [3.63, 3.8) is 0 Å². The standard InChI is InChI=1S/C34H45N7O4/c1-24(2)41(33(44)45-34(4,5)6)17-16-39(22-32(43)38(7)40-20-27-10-8-9-11-28(27)21-40)31(42)19-36-30-18-26(13-12-25(30)3)29-14-15-35-23-37-29/h8-15,18,23-24,36H,16-17,19-22H2,1-7H3. The summed E-state index contributed by atoms with van der Waals surface area (Å²) in [6.45, 7) is 12.7. The van der Waals surface area contributed by atoms with Crippen LogP contribution >= 0.6 is 0 Å². The van der Waals surface area contributed by atoms with Crippen LogP contribution in [0.4, 0.5) is 10.5 Å². The Bertz CT molecular complexity index is 1460. The lowest BCUT2D eigenvalue weighted by Crippen LogP contribution is -2.51. The lowest BCUT2D eigenvalue weighted by molar-refractivity contribution is -0.151. The number of nitrogens with one attached hydrogen (secondary N) is 1. The Morgan fingerprint density at radius 3 is 2.29 bits per heavy atom. The highest BCUT2D eigenvalue weighted by Crippen LogP contribution is 2.25. The van der Waals surface area contributed by atoms with E-state index >= 15 is 0 Å². The summed E-state index contributed by atoms with van der Waals surface area (Å²) in [7, 11) is 1.73. The van der Waals surface area contributed by atoms with Crippen molar-refractivity contribution in [1.29, 1.82) is 0 Å². The van der Waals surface area contributed by atoms with Gasteiger partial charge in [-0.05, 0) is 70.4 Å². The molecule has 45 heavy (non-hydrogen) atoms. The molecule has 0 radical (unpaired) electrons. The zero-order valence-electron chi connectivity index (χ0n) is 27.4. The fraction of sp³-hybridized carbons (Fsp3) is 0.441. The number of ether oxygens (including phenoxy) is 1. The summed E-state index contributed by atoms with van der Waals surface area (Å²) in [5.74, 6) is -0.479. The SMILES string of the molecule is Cc1ccc(-c2ccncn2)cc1NCC(=O)N(CCN(C(=O)OC(C)(C)C)C(C)C)CC(=O)N(C)N1Cc2ccccc2C1. The Labute approximate surface area is 266 Å². The maximum Gasteiger partial charge on any atom is 0.410 e. The molecule has 2 heterocycles. The van der Waals surface area contributed by atoms with Crippen molar-refractivity contribution in [1.82, 2.24) is 29.8 Å². The quantitative estimate of drug-likeness (QED) is 0.330. The van der Waals surface area contributed by atoms with E-state index in [4.69, 9.17) is 4.74 Å². The number of hydrazine groups is 1. The molecule has 1 N–H and O–H groups in total. The summed E-state index contributed by atoms with van der Waals surface area (Å²) in [6.07, 6.45) is 2.72. The first kappa shape index (κ1) is 33.4. The number of likely N-dealkylation sites (N-methyl/N-ethyl adjacent to an activating group) is 1. The van der Waals surface area contributed by atoms with Gasteiger partial charge in [0, 0.05) is 56.7 Å². The highest BCUT2D eigenvalue weighted by atomic mass is 16.6. The predicted octanol–water partition coefficient (Wildman–Crippen LogP) is 4.73. The lowest BCUT2D eigenvalue weighted by Gasteiger charge is -2.33. The lowest BCUT2D eigenvalue weighted by atomic mass is 10.1. The Balaban J connectivity index is 1.48. The van der Waals surface area contributed by atoms with Crippen molar-refractivity contribution in [2.45, 2.75) is 66.3 Å². The number of fused-ring (bicyclic) bond motifs is 1. The second-order valence-electron chi connectivity index (χ2n) is 12.6. The molecule has 11 nitrogen and oxygen atoms in total. The van der Waals surface area contributed by atoms with Crippen molar-refractivity contribution in [2.24, 2.45) is 0 Å². The average molecular weight is 616 g/mol. The number of hydrogen-bond donors (Lipinski definition) is 1. The third kappa shape index (κ3) is 9.01. The number of aryl methyl sites for hydroxylation is 1. The van der Waals surface area contributed by atoms with E-state index in [0.29, 0.717) is 13.1 Å². The fourth-order valence-electron chi connectivity index (χ4n) is 5.07. The van der Waals surface area contributed by atoms with Gasteiger partial charge in [-0.15, -0.1) is 0 Å². The number of rotatable bonds is 11. The van der Waals surface area contributed by atoms with Crippen LogP contribution in [0.15, 0.2) is 61.1 Å². The number of carbonyl (C=O) groups excluding carboxylic acids is 3. The van der Waals surface area contributed by atoms with E-state index in [1.165, 1.54) is 22.4 Å². The first-order chi connectivity index (χ1) is 21.3. The van der Waals surface area contributed by atoms with Gasteiger partial charge in [-0.1, -0.05) is 36.4 Å². The summed E-state index contributed by atoms with van der Waals surface area (Å²) in [6, 6.07) is 15.7. The molecular formula is C34H45N7O4. The molecule has 4 rings (SSSR count). The topological polar surface area (TPSA) is 111 Å². The van der Waals surface area contributed by atoms with Gasteiger partial charge in [0.1, 0.15) is 18.5 Å². The summed E-state index contributed by atoms with van der Waals surface area (Å²) in [5.41, 5.74) is 5.12. The van der Waals surface area contributed by atoms with Gasteiger partial charge in [-0.2, -0.15) is 0 Å². The Kier molecular flexibility index (Phi) is 10.8. The molecule has 0 spiro atoms. The summed E-state index contributed by atoms with van der Waals surface area (Å²) >= 11 is 0. The van der Waals surface area contributed by atoms with Gasteiger partial charge in [-0.25, -0.2) is 19.8 Å². The Morgan fingerprint density at radius 1 is 1.00 bits per heavy atom. The highest BCUT2D eigenvalue weighted by molar-refractivity contribution is 5.87. The van der Waals surface area contributed by atoms with Gasteiger partial charge in [-0.3, -0.25) is 14.6 Å². The third-order valence-electron chi connectivity index (χ3n) is 7.70. The minimum Gasteiger partial charge on any atom is -0.444 e. The summed E-state index contributed by atoms with van der Waals surface area (Å²) in [5, 5.41) is 6.83. The Hall–Kier alpha value is -4.51. The van der Waals surface area contributed by atoms with Crippen molar-refractivity contribution in [3.8, 4) is 11.3 Å². The van der Waals surface area contributed by atoms with Crippen molar-refractivity contribution >= 4 is 23.6 Å². The molecule has 1 aliphatic heterocycles. The van der Waals surface area contributed by atoms with E-state index < -0.39 is 11.7 Å². The molecule has 240 valence electrons. The summed E-state index contributed by atoms with van der Waals surface area (Å²) < 4.78 is 5.62. The van der Waals surface area contributed by atoms with Gasteiger partial charge in [0.25, 0.3) is 5.91 Å². The minimum atomic E-state index is -0.659. The van der Waals surface area contributed by atoms with Gasteiger partial charge < -0.3 is 19.9 Å². The molecule has 1 aliphatic rings. The van der Waals surface area contributed by atoms with Crippen LogP contribution in [0.3, 0.4) is 0 Å². The first-order valence-corrected chi connectivity index (χ1v) is 15.3. The molecule has 3 aromatic rings. The van der Waals surface area contributed by atoms with E-state index in [0.717, 1.165) is 22.5 Å². The third-order valence-corrected chi connectivity index (χ3v) is 7.70. The van der Waals surface area contributed by atoms with Crippen molar-refractivity contribution < 1.29 is 19.1 Å². The van der Waals surface area contributed by atoms with E-state index in [1.807, 2.05) is 82.9 Å². The zero-order chi connectivity index (χ0) is 32.7. The monoisotopic (exact) mass is 615 g/mol. The zero-order valence-corrected chi connectivity index (χ0v) is 27.4. The number of carbonyl (C=O) groups is 3. The number of anilines is 1. The van der Waals surface area contributed by atoms with Crippen LogP contribution in [0.1, 0.15) is 51.3 Å². The number of nitrogens with zero attached hydrogens (tertiary/aromatic N) is 6. The number of benzene rings is 2. The molecule has 0 saturated carbocycles. The largest absolute Gasteiger partial charge is 0.444 e. The molecule has 0 aliphatic carbocycles. The molecule has 0 unspecified atom stereocenters. The predicted molar refractivity (Wildman–Crippen MR) is 174 cm³/mol. The highest BCUT2D eigenvalue weighted by Gasteiger charge is 2.29. The van der Waals surface area contributed by atoms with Gasteiger partial charge in [0.05, 0.1) is 12.2 Å². The first-order valence-electron chi connectivity index (χ1n) is 15.3. The smallest absolute Gasteiger partial charge is 0.410 e. The molecule has 0 saturated heterocycles. The van der Waals surface area contributed by atoms with E-state index in [-0.39, 0.29) is 44.0 Å². The number of hydrogen-bond acceptors (Lipinski definition) is 8. The maximum atomic E-state index is 13.7. The van der Waals surface area contributed by atoms with Gasteiger partial charge in [0.2, 0.25) is 5.91 Å². The van der Waals surface area contributed by atoms with Crippen LogP contribution in [-0.2, 0) is 27.4 Å². The van der Waals surface area contributed by atoms with Crippen molar-refractivity contribution in [2.75, 3.05) is 38.5 Å². The molecule has 1 aromatic heterocycles. The normalized spacial score (nSPS) is 12.9. The molecule has 0 fully saturated rings. The van der Waals surface area contributed by atoms with Crippen molar-refractivity contribution in [3.05, 3.63) is 77.7 Å². The fourth-order valence-corrected chi connectivity index (χ4v) is 5.07. The minimum absolute atomic E-state index is 0.0334. The molecule has 2 aromatic carbocycles. The molecule has 0 bridgehead atoms. The number of aromatic nitrogens is 2. The van der Waals surface area contributed by atoms with Gasteiger partial charge in [0.15, 0.2) is 0 Å². The van der Waals surface area contributed by atoms with Crippen LogP contribution in [0, 0.1) is 6.92 Å². The van der Waals surface area contributed by atoms with E-state index in [2.05, 4.69) is 27.4 Å². The van der Waals surface area contributed by atoms with Crippen LogP contribution in [0.25, 0.3) is 11.3 Å². The number of amides is 3. The molecule has 0 atom stereocenters. The van der Waals surface area contributed by atoms with Crippen LogP contribution in [-0.4, -0.2) is 92.6 Å².